The van der Waals surface area contributed by atoms with E-state index in [0.717, 1.165) is 5.56 Å². The number of ether oxygens (including phenoxy) is 1. The SMILES string of the molecule is O=C(COc1cccc(-c2noc(-c3ccccc3Cl)n2)c1)NCc1ccccc1. The average molecular weight is 420 g/mol. The summed E-state index contributed by atoms with van der Waals surface area (Å²) in [6, 6.07) is 24.1. The lowest BCUT2D eigenvalue weighted by Gasteiger charge is -2.08. The summed E-state index contributed by atoms with van der Waals surface area (Å²) in [7, 11) is 0. The molecule has 3 aromatic carbocycles. The van der Waals surface area contributed by atoms with Gasteiger partial charge in [0.05, 0.1) is 10.6 Å². The second kappa shape index (κ2) is 9.24. The Labute approximate surface area is 178 Å². The van der Waals surface area contributed by atoms with E-state index in [1.165, 1.54) is 0 Å². The third kappa shape index (κ3) is 4.85. The van der Waals surface area contributed by atoms with Gasteiger partial charge in [0.25, 0.3) is 11.8 Å². The van der Waals surface area contributed by atoms with E-state index in [9.17, 15) is 4.79 Å². The molecule has 6 nitrogen and oxygen atoms in total. The van der Waals surface area contributed by atoms with Crippen LogP contribution in [-0.4, -0.2) is 22.7 Å². The number of carbonyl (C=O) groups is 1. The van der Waals surface area contributed by atoms with E-state index in [1.807, 2.05) is 54.6 Å². The van der Waals surface area contributed by atoms with E-state index in [2.05, 4.69) is 15.5 Å². The second-order valence-electron chi connectivity index (χ2n) is 6.48. The van der Waals surface area contributed by atoms with Crippen molar-refractivity contribution in [1.29, 1.82) is 0 Å². The molecule has 150 valence electrons. The van der Waals surface area contributed by atoms with Gasteiger partial charge < -0.3 is 14.6 Å². The molecule has 1 heterocycles. The zero-order valence-electron chi connectivity index (χ0n) is 15.9. The topological polar surface area (TPSA) is 77.2 Å². The van der Waals surface area contributed by atoms with Crippen molar-refractivity contribution in [2.75, 3.05) is 6.61 Å². The molecule has 1 aromatic heterocycles. The number of nitrogens with zero attached hydrogens (tertiary/aromatic N) is 2. The van der Waals surface area contributed by atoms with Gasteiger partial charge in [-0.25, -0.2) is 0 Å². The number of hydrogen-bond acceptors (Lipinski definition) is 5. The molecule has 7 heteroatoms. The van der Waals surface area contributed by atoms with Crippen molar-refractivity contribution in [2.45, 2.75) is 6.54 Å². The smallest absolute Gasteiger partial charge is 0.259 e. The van der Waals surface area contributed by atoms with E-state index in [4.69, 9.17) is 20.9 Å². The fourth-order valence-electron chi connectivity index (χ4n) is 2.81. The molecule has 0 aliphatic heterocycles. The highest BCUT2D eigenvalue weighted by Gasteiger charge is 2.13. The summed E-state index contributed by atoms with van der Waals surface area (Å²) in [5, 5.41) is 7.38. The van der Waals surface area contributed by atoms with Crippen molar-refractivity contribution < 1.29 is 14.1 Å². The van der Waals surface area contributed by atoms with Gasteiger partial charge in [0.15, 0.2) is 6.61 Å². The van der Waals surface area contributed by atoms with Crippen LogP contribution in [0.4, 0.5) is 0 Å². The molecule has 0 saturated heterocycles. The first-order valence-corrected chi connectivity index (χ1v) is 9.69. The summed E-state index contributed by atoms with van der Waals surface area (Å²) in [6.07, 6.45) is 0. The Kier molecular flexibility index (Phi) is 6.06. The minimum atomic E-state index is -0.204. The van der Waals surface area contributed by atoms with Gasteiger partial charge in [0.1, 0.15) is 5.75 Å². The lowest BCUT2D eigenvalue weighted by atomic mass is 10.2. The Balaban J connectivity index is 1.38. The molecule has 0 saturated carbocycles. The molecule has 0 aliphatic rings. The van der Waals surface area contributed by atoms with Gasteiger partial charge >= 0.3 is 0 Å². The Morgan fingerprint density at radius 1 is 1.00 bits per heavy atom. The summed E-state index contributed by atoms with van der Waals surface area (Å²) in [4.78, 5) is 16.5. The Hall–Kier alpha value is -3.64. The number of nitrogens with one attached hydrogen (secondary N) is 1. The number of carbonyl (C=O) groups excluding carboxylic acids is 1. The van der Waals surface area contributed by atoms with Crippen LogP contribution in [0.1, 0.15) is 5.56 Å². The maximum absolute atomic E-state index is 12.0. The molecule has 0 radical (unpaired) electrons. The van der Waals surface area contributed by atoms with Crippen molar-refractivity contribution in [3.05, 3.63) is 89.4 Å². The van der Waals surface area contributed by atoms with Crippen LogP contribution in [-0.2, 0) is 11.3 Å². The first kappa shape index (κ1) is 19.7. The van der Waals surface area contributed by atoms with Crippen LogP contribution in [0.25, 0.3) is 22.8 Å². The first-order valence-electron chi connectivity index (χ1n) is 9.31. The van der Waals surface area contributed by atoms with E-state index < -0.39 is 0 Å². The van der Waals surface area contributed by atoms with Gasteiger partial charge in [-0.05, 0) is 29.8 Å². The van der Waals surface area contributed by atoms with Gasteiger partial charge in [0, 0.05) is 12.1 Å². The van der Waals surface area contributed by atoms with Gasteiger partial charge in [-0.2, -0.15) is 4.98 Å². The molecule has 30 heavy (non-hydrogen) atoms. The molecular formula is C23H18ClN3O3. The van der Waals surface area contributed by atoms with Crippen LogP contribution < -0.4 is 10.1 Å². The van der Waals surface area contributed by atoms with E-state index in [1.54, 1.807) is 24.3 Å². The first-order chi connectivity index (χ1) is 14.7. The largest absolute Gasteiger partial charge is 0.484 e. The molecule has 0 spiro atoms. The molecule has 0 bridgehead atoms. The van der Waals surface area contributed by atoms with Gasteiger partial charge in [-0.3, -0.25) is 4.79 Å². The third-order valence-corrected chi connectivity index (χ3v) is 4.65. The molecule has 0 atom stereocenters. The maximum atomic E-state index is 12.0. The van der Waals surface area contributed by atoms with Crippen LogP contribution in [0, 0.1) is 0 Å². The normalized spacial score (nSPS) is 10.6. The molecule has 1 N–H and O–H groups in total. The Morgan fingerprint density at radius 3 is 2.63 bits per heavy atom. The minimum Gasteiger partial charge on any atom is -0.484 e. The molecule has 4 rings (SSSR count). The summed E-state index contributed by atoms with van der Waals surface area (Å²) in [5.41, 5.74) is 2.40. The van der Waals surface area contributed by atoms with Crippen LogP contribution in [0.5, 0.6) is 5.75 Å². The highest BCUT2D eigenvalue weighted by Crippen LogP contribution is 2.29. The van der Waals surface area contributed by atoms with Crippen molar-refractivity contribution in [1.82, 2.24) is 15.5 Å². The molecular weight excluding hydrogens is 402 g/mol. The third-order valence-electron chi connectivity index (χ3n) is 4.32. The number of amides is 1. The fraction of sp³-hybridized carbons (Fsp3) is 0.0870. The minimum absolute atomic E-state index is 0.0899. The van der Waals surface area contributed by atoms with E-state index in [-0.39, 0.29) is 12.5 Å². The Bertz CT molecular complexity index is 1150. The predicted molar refractivity (Wildman–Crippen MR) is 114 cm³/mol. The van der Waals surface area contributed by atoms with Gasteiger partial charge in [-0.15, -0.1) is 0 Å². The van der Waals surface area contributed by atoms with Crippen LogP contribution in [0.2, 0.25) is 5.02 Å². The molecule has 0 fully saturated rings. The monoisotopic (exact) mass is 419 g/mol. The maximum Gasteiger partial charge on any atom is 0.259 e. The van der Waals surface area contributed by atoms with Gasteiger partial charge in [-0.1, -0.05) is 71.4 Å². The predicted octanol–water partition coefficient (Wildman–Crippen LogP) is 4.75. The van der Waals surface area contributed by atoms with Crippen molar-refractivity contribution in [3.8, 4) is 28.6 Å². The van der Waals surface area contributed by atoms with Crippen molar-refractivity contribution in [2.24, 2.45) is 0 Å². The van der Waals surface area contributed by atoms with Gasteiger partial charge in [0.2, 0.25) is 5.82 Å². The number of halogens is 1. The highest BCUT2D eigenvalue weighted by atomic mass is 35.5. The summed E-state index contributed by atoms with van der Waals surface area (Å²) in [6.45, 7) is 0.365. The fourth-order valence-corrected chi connectivity index (χ4v) is 3.02. The quantitative estimate of drug-likeness (QED) is 0.467. The zero-order chi connectivity index (χ0) is 20.8. The van der Waals surface area contributed by atoms with Crippen LogP contribution in [0.15, 0.2) is 83.4 Å². The summed E-state index contributed by atoms with van der Waals surface area (Å²) in [5.74, 6) is 1.07. The van der Waals surface area contributed by atoms with Crippen molar-refractivity contribution >= 4 is 17.5 Å². The summed E-state index contributed by atoms with van der Waals surface area (Å²) >= 11 is 6.19. The van der Waals surface area contributed by atoms with Crippen molar-refractivity contribution in [3.63, 3.8) is 0 Å². The average Bonchev–Trinajstić information content (AvgIpc) is 3.28. The number of hydrogen-bond donors (Lipinski definition) is 1. The molecule has 0 unspecified atom stereocenters. The standard InChI is InChI=1S/C23H18ClN3O3/c24-20-12-5-4-11-19(20)23-26-22(27-30-23)17-9-6-10-18(13-17)29-15-21(28)25-14-16-7-2-1-3-8-16/h1-13H,14-15H2,(H,25,28). The number of rotatable bonds is 7. The molecule has 1 amide bonds. The van der Waals surface area contributed by atoms with E-state index >= 15 is 0 Å². The van der Waals surface area contributed by atoms with E-state index in [0.29, 0.717) is 40.2 Å². The van der Waals surface area contributed by atoms with Crippen LogP contribution >= 0.6 is 11.6 Å². The lowest BCUT2D eigenvalue weighted by Crippen LogP contribution is -2.28. The summed E-state index contributed by atoms with van der Waals surface area (Å²) < 4.78 is 11.0. The zero-order valence-corrected chi connectivity index (χ0v) is 16.7. The number of benzene rings is 3. The second-order valence-corrected chi connectivity index (χ2v) is 6.89. The number of aromatic nitrogens is 2. The molecule has 4 aromatic rings. The highest BCUT2D eigenvalue weighted by molar-refractivity contribution is 6.33. The molecule has 0 aliphatic carbocycles. The Morgan fingerprint density at radius 2 is 1.80 bits per heavy atom. The van der Waals surface area contributed by atoms with Crippen LogP contribution in [0.3, 0.4) is 0 Å². The lowest BCUT2D eigenvalue weighted by molar-refractivity contribution is -0.123.